The van der Waals surface area contributed by atoms with Gasteiger partial charge in [-0.15, -0.1) is 0 Å². The highest BCUT2D eigenvalue weighted by molar-refractivity contribution is 5.92. The van der Waals surface area contributed by atoms with Crippen molar-refractivity contribution in [3.8, 4) is 0 Å². The van der Waals surface area contributed by atoms with Crippen molar-refractivity contribution in [2.45, 2.75) is 0 Å². The molecule has 1 N–H and O–H groups in total. The topological polar surface area (TPSA) is 54.5 Å². The third-order valence-corrected chi connectivity index (χ3v) is 2.71. The Morgan fingerprint density at radius 2 is 2.17 bits per heavy atom. The Balaban J connectivity index is 0.00000162. The van der Waals surface area contributed by atoms with Crippen LogP contribution in [0.5, 0.6) is 0 Å². The van der Waals surface area contributed by atoms with Gasteiger partial charge in [-0.1, -0.05) is 6.07 Å². The fourth-order valence-corrected chi connectivity index (χ4v) is 1.74. The first-order valence-electron chi connectivity index (χ1n) is 5.85. The van der Waals surface area contributed by atoms with E-state index in [9.17, 15) is 4.79 Å². The third-order valence-electron chi connectivity index (χ3n) is 2.71. The van der Waals surface area contributed by atoms with Gasteiger partial charge in [0.2, 0.25) is 0 Å². The second-order valence-corrected chi connectivity index (χ2v) is 3.92. The highest BCUT2D eigenvalue weighted by Gasteiger charge is 2.10. The molecule has 0 aliphatic carbocycles. The van der Waals surface area contributed by atoms with Crippen LogP contribution in [0.25, 0.3) is 0 Å². The molecule has 0 bridgehead atoms. The predicted octanol–water partition coefficient (Wildman–Crippen LogP) is -2.85. The van der Waals surface area contributed by atoms with Crippen molar-refractivity contribution in [3.05, 3.63) is 30.1 Å². The van der Waals surface area contributed by atoms with Crippen LogP contribution in [0.15, 0.2) is 24.4 Å². The number of amides is 1. The van der Waals surface area contributed by atoms with E-state index in [1.807, 2.05) is 6.07 Å². The Labute approximate surface area is 113 Å². The van der Waals surface area contributed by atoms with E-state index < -0.39 is 0 Å². The van der Waals surface area contributed by atoms with E-state index >= 15 is 0 Å². The number of hydrogen-bond acceptors (Lipinski definition) is 4. The van der Waals surface area contributed by atoms with Crippen molar-refractivity contribution in [3.63, 3.8) is 0 Å². The number of carbonyl (C=O) groups excluding carboxylic acids is 1. The van der Waals surface area contributed by atoms with E-state index in [4.69, 9.17) is 4.74 Å². The largest absolute Gasteiger partial charge is 1.00 e. The molecule has 1 aliphatic rings. The predicted molar refractivity (Wildman–Crippen MR) is 63.8 cm³/mol. The number of pyridine rings is 1. The van der Waals surface area contributed by atoms with Gasteiger partial charge in [0.25, 0.3) is 5.91 Å². The first kappa shape index (κ1) is 14.9. The van der Waals surface area contributed by atoms with Crippen LogP contribution in [0.4, 0.5) is 0 Å². The number of ether oxygens (including phenoxy) is 1. The molecule has 1 fully saturated rings. The zero-order valence-electron chi connectivity index (χ0n) is 10.1. The fourth-order valence-electron chi connectivity index (χ4n) is 1.74. The highest BCUT2D eigenvalue weighted by atomic mass is 35.5. The molecule has 0 spiro atoms. The summed E-state index contributed by atoms with van der Waals surface area (Å²) in [6.07, 6.45) is 1.62. The van der Waals surface area contributed by atoms with Crippen molar-refractivity contribution >= 4 is 5.91 Å². The van der Waals surface area contributed by atoms with Gasteiger partial charge >= 0.3 is 0 Å². The average Bonchev–Trinajstić information content (AvgIpc) is 2.41. The monoisotopic (exact) mass is 270 g/mol. The summed E-state index contributed by atoms with van der Waals surface area (Å²) >= 11 is 0. The quantitative estimate of drug-likeness (QED) is 0.640. The van der Waals surface area contributed by atoms with E-state index in [0.717, 1.165) is 32.8 Å². The molecule has 1 amide bonds. The summed E-state index contributed by atoms with van der Waals surface area (Å²) in [5, 5.41) is 2.86. The molecule has 1 saturated heterocycles. The first-order chi connectivity index (χ1) is 8.36. The highest BCUT2D eigenvalue weighted by Crippen LogP contribution is 1.96. The van der Waals surface area contributed by atoms with Crippen molar-refractivity contribution in [1.82, 2.24) is 15.2 Å². The maximum atomic E-state index is 11.7. The summed E-state index contributed by atoms with van der Waals surface area (Å²) in [4.78, 5) is 17.9. The summed E-state index contributed by atoms with van der Waals surface area (Å²) in [6.45, 7) is 4.97. The standard InChI is InChI=1S/C12H17N3O2.ClH/c16-12(11-3-1-2-4-13-11)14-5-6-15-7-9-17-10-8-15;/h1-4H,5-10H2,(H,14,16);1H/p-1. The van der Waals surface area contributed by atoms with Crippen LogP contribution in [0.2, 0.25) is 0 Å². The summed E-state index contributed by atoms with van der Waals surface area (Å²) in [6, 6.07) is 5.32. The lowest BCUT2D eigenvalue weighted by molar-refractivity contribution is -0.0000142. The molecule has 2 heterocycles. The van der Waals surface area contributed by atoms with E-state index in [2.05, 4.69) is 15.2 Å². The molecule has 2 rings (SSSR count). The number of aromatic nitrogens is 1. The Hall–Kier alpha value is -1.17. The molecule has 1 aromatic heterocycles. The second-order valence-electron chi connectivity index (χ2n) is 3.92. The number of nitrogens with zero attached hydrogens (tertiary/aromatic N) is 2. The van der Waals surface area contributed by atoms with Gasteiger partial charge in [-0.3, -0.25) is 14.7 Å². The molecular formula is C12H17ClN3O2-. The average molecular weight is 271 g/mol. The van der Waals surface area contributed by atoms with E-state index in [1.54, 1.807) is 18.3 Å². The third kappa shape index (κ3) is 4.60. The van der Waals surface area contributed by atoms with E-state index in [0.29, 0.717) is 12.2 Å². The zero-order valence-corrected chi connectivity index (χ0v) is 10.9. The van der Waals surface area contributed by atoms with Gasteiger partial charge in [0.15, 0.2) is 0 Å². The number of carbonyl (C=O) groups is 1. The van der Waals surface area contributed by atoms with E-state index in [-0.39, 0.29) is 18.3 Å². The molecule has 0 atom stereocenters. The lowest BCUT2D eigenvalue weighted by atomic mass is 10.3. The molecular weight excluding hydrogens is 254 g/mol. The summed E-state index contributed by atoms with van der Waals surface area (Å²) in [7, 11) is 0. The van der Waals surface area contributed by atoms with E-state index in [1.165, 1.54) is 0 Å². The van der Waals surface area contributed by atoms with Gasteiger partial charge < -0.3 is 22.5 Å². The van der Waals surface area contributed by atoms with Crippen molar-refractivity contribution in [1.29, 1.82) is 0 Å². The second kappa shape index (κ2) is 8.02. The number of rotatable bonds is 4. The van der Waals surface area contributed by atoms with Crippen molar-refractivity contribution in [2.24, 2.45) is 0 Å². The lowest BCUT2D eigenvalue weighted by Gasteiger charge is -2.26. The fraction of sp³-hybridized carbons (Fsp3) is 0.500. The van der Waals surface area contributed by atoms with Gasteiger partial charge in [-0.2, -0.15) is 0 Å². The molecule has 0 unspecified atom stereocenters. The number of morpholine rings is 1. The lowest BCUT2D eigenvalue weighted by Crippen LogP contribution is -3.00. The van der Waals surface area contributed by atoms with Crippen LogP contribution >= 0.6 is 0 Å². The minimum absolute atomic E-state index is 0. The normalized spacial score (nSPS) is 15.8. The molecule has 18 heavy (non-hydrogen) atoms. The van der Waals surface area contributed by atoms with Crippen LogP contribution < -0.4 is 17.7 Å². The molecule has 0 radical (unpaired) electrons. The minimum Gasteiger partial charge on any atom is -1.00 e. The Morgan fingerprint density at radius 3 is 2.83 bits per heavy atom. The molecule has 1 aromatic rings. The zero-order chi connectivity index (χ0) is 11.9. The number of halogens is 1. The van der Waals surface area contributed by atoms with Crippen LogP contribution in [0.1, 0.15) is 10.5 Å². The van der Waals surface area contributed by atoms with Crippen LogP contribution in [0.3, 0.4) is 0 Å². The van der Waals surface area contributed by atoms with Gasteiger partial charge in [0.05, 0.1) is 13.2 Å². The van der Waals surface area contributed by atoms with Crippen LogP contribution in [-0.4, -0.2) is 55.2 Å². The van der Waals surface area contributed by atoms with Crippen LogP contribution in [0, 0.1) is 0 Å². The molecule has 100 valence electrons. The Kier molecular flexibility index (Phi) is 6.64. The molecule has 1 aliphatic heterocycles. The minimum atomic E-state index is -0.112. The summed E-state index contributed by atoms with van der Waals surface area (Å²) in [5.41, 5.74) is 0.467. The summed E-state index contributed by atoms with van der Waals surface area (Å²) < 4.78 is 5.26. The van der Waals surface area contributed by atoms with Crippen molar-refractivity contribution in [2.75, 3.05) is 39.4 Å². The Bertz CT molecular complexity index is 356. The van der Waals surface area contributed by atoms with Gasteiger partial charge in [-0.05, 0) is 12.1 Å². The maximum absolute atomic E-state index is 11.7. The Morgan fingerprint density at radius 1 is 1.39 bits per heavy atom. The van der Waals surface area contributed by atoms with Gasteiger partial charge in [0.1, 0.15) is 5.69 Å². The molecule has 5 nitrogen and oxygen atoms in total. The van der Waals surface area contributed by atoms with Gasteiger partial charge in [0, 0.05) is 32.4 Å². The molecule has 6 heteroatoms. The smallest absolute Gasteiger partial charge is 0.269 e. The first-order valence-corrected chi connectivity index (χ1v) is 5.85. The molecule has 0 aromatic carbocycles. The van der Waals surface area contributed by atoms with Crippen LogP contribution in [-0.2, 0) is 4.74 Å². The van der Waals surface area contributed by atoms with Gasteiger partial charge in [-0.25, -0.2) is 0 Å². The SMILES string of the molecule is O=C(NCCN1CCOCC1)c1ccccn1.[Cl-]. The summed E-state index contributed by atoms with van der Waals surface area (Å²) in [5.74, 6) is -0.112. The number of hydrogen-bond donors (Lipinski definition) is 1. The molecule has 0 saturated carbocycles. The number of nitrogens with one attached hydrogen (secondary N) is 1. The van der Waals surface area contributed by atoms with Crippen molar-refractivity contribution < 1.29 is 21.9 Å². The maximum Gasteiger partial charge on any atom is 0.269 e.